The number of piperidine rings is 1. The first-order valence-corrected chi connectivity index (χ1v) is 5.17. The van der Waals surface area contributed by atoms with E-state index in [4.69, 9.17) is 5.73 Å². The molecule has 1 saturated heterocycles. The molecule has 0 aromatic rings. The number of carbonyl (C=O) groups is 3. The predicted octanol–water partition coefficient (Wildman–Crippen LogP) is -0.586. The highest BCUT2D eigenvalue weighted by atomic mass is 16.5. The van der Waals surface area contributed by atoms with E-state index in [0.717, 1.165) is 4.90 Å². The number of likely N-dealkylation sites (tertiary alicyclic amines) is 1. The number of methoxy groups -OCH3 is 1. The first-order valence-electron chi connectivity index (χ1n) is 5.17. The monoisotopic (exact) mass is 228 g/mol. The molecule has 0 saturated carbocycles. The summed E-state index contributed by atoms with van der Waals surface area (Å²) in [5, 5.41) is 0. The molecule has 2 N–H and O–H groups in total. The summed E-state index contributed by atoms with van der Waals surface area (Å²) in [6.07, 6.45) is 1.21. The summed E-state index contributed by atoms with van der Waals surface area (Å²) in [7, 11) is 1.22. The third kappa shape index (κ3) is 2.38. The van der Waals surface area contributed by atoms with Crippen molar-refractivity contribution in [1.82, 2.24) is 4.90 Å². The predicted molar refractivity (Wildman–Crippen MR) is 55.2 cm³/mol. The van der Waals surface area contributed by atoms with Crippen LogP contribution in [0.1, 0.15) is 26.2 Å². The van der Waals surface area contributed by atoms with E-state index < -0.39 is 18.1 Å². The SMILES string of the molecule is COC(=O)[C@H](N)[C@@H](C)N1C(=O)CCCC1=O. The average molecular weight is 228 g/mol. The summed E-state index contributed by atoms with van der Waals surface area (Å²) in [6.45, 7) is 1.57. The number of hydrogen-bond acceptors (Lipinski definition) is 5. The molecule has 1 aliphatic heterocycles. The van der Waals surface area contributed by atoms with Gasteiger partial charge in [-0.3, -0.25) is 19.3 Å². The fourth-order valence-corrected chi connectivity index (χ4v) is 1.72. The van der Waals surface area contributed by atoms with Gasteiger partial charge in [-0.15, -0.1) is 0 Å². The molecule has 1 aliphatic rings. The Labute approximate surface area is 93.7 Å². The molecule has 0 aromatic carbocycles. The van der Waals surface area contributed by atoms with Crippen LogP contribution in [0.2, 0.25) is 0 Å². The molecular formula is C10H16N2O4. The van der Waals surface area contributed by atoms with Crippen LogP contribution >= 0.6 is 0 Å². The largest absolute Gasteiger partial charge is 0.468 e. The van der Waals surface area contributed by atoms with E-state index >= 15 is 0 Å². The number of imide groups is 1. The highest BCUT2D eigenvalue weighted by molar-refractivity contribution is 5.98. The Balaban J connectivity index is 2.78. The van der Waals surface area contributed by atoms with Gasteiger partial charge in [-0.1, -0.05) is 0 Å². The lowest BCUT2D eigenvalue weighted by Crippen LogP contribution is -2.56. The van der Waals surface area contributed by atoms with Crippen molar-refractivity contribution in [1.29, 1.82) is 0 Å². The standard InChI is InChI=1S/C10H16N2O4/c1-6(9(11)10(15)16-2)12-7(13)4-3-5-8(12)14/h6,9H,3-5,11H2,1-2H3/t6-,9-/m1/s1. The zero-order chi connectivity index (χ0) is 12.3. The molecule has 0 aromatic heterocycles. The quantitative estimate of drug-likeness (QED) is 0.515. The number of carbonyl (C=O) groups excluding carboxylic acids is 3. The van der Waals surface area contributed by atoms with Gasteiger partial charge in [0.15, 0.2) is 0 Å². The molecule has 1 rings (SSSR count). The van der Waals surface area contributed by atoms with Gasteiger partial charge in [-0.25, -0.2) is 0 Å². The van der Waals surface area contributed by atoms with E-state index in [1.807, 2.05) is 0 Å². The molecule has 6 nitrogen and oxygen atoms in total. The van der Waals surface area contributed by atoms with Crippen molar-refractivity contribution < 1.29 is 19.1 Å². The van der Waals surface area contributed by atoms with E-state index in [0.29, 0.717) is 19.3 Å². The van der Waals surface area contributed by atoms with E-state index in [-0.39, 0.29) is 11.8 Å². The molecule has 2 amide bonds. The summed E-state index contributed by atoms with van der Waals surface area (Å²) in [5.74, 6) is -1.18. The van der Waals surface area contributed by atoms with E-state index in [1.54, 1.807) is 6.92 Å². The lowest BCUT2D eigenvalue weighted by molar-refractivity contribution is -0.153. The maximum Gasteiger partial charge on any atom is 0.324 e. The van der Waals surface area contributed by atoms with Crippen molar-refractivity contribution in [2.45, 2.75) is 38.3 Å². The summed E-state index contributed by atoms with van der Waals surface area (Å²) in [5.41, 5.74) is 5.61. The third-order valence-corrected chi connectivity index (χ3v) is 2.72. The number of esters is 1. The topological polar surface area (TPSA) is 89.7 Å². The van der Waals surface area contributed by atoms with Crippen LogP contribution in [0.25, 0.3) is 0 Å². The van der Waals surface area contributed by atoms with Gasteiger partial charge in [0.05, 0.1) is 13.2 Å². The van der Waals surface area contributed by atoms with Crippen LogP contribution < -0.4 is 5.73 Å². The number of rotatable bonds is 3. The Morgan fingerprint density at radius 3 is 2.31 bits per heavy atom. The highest BCUT2D eigenvalue weighted by Crippen LogP contribution is 2.16. The van der Waals surface area contributed by atoms with Crippen molar-refractivity contribution in [2.24, 2.45) is 5.73 Å². The van der Waals surface area contributed by atoms with Gasteiger partial charge < -0.3 is 10.5 Å². The van der Waals surface area contributed by atoms with Crippen molar-refractivity contribution in [2.75, 3.05) is 7.11 Å². The molecule has 2 atom stereocenters. The minimum atomic E-state index is -0.990. The molecule has 0 spiro atoms. The van der Waals surface area contributed by atoms with Crippen molar-refractivity contribution in [3.05, 3.63) is 0 Å². The molecule has 90 valence electrons. The Kier molecular flexibility index (Phi) is 4.00. The molecule has 16 heavy (non-hydrogen) atoms. The lowest BCUT2D eigenvalue weighted by atomic mass is 10.0. The Morgan fingerprint density at radius 2 is 1.88 bits per heavy atom. The normalized spacial score (nSPS) is 20.6. The van der Waals surface area contributed by atoms with Gasteiger partial charge in [0.25, 0.3) is 0 Å². The number of nitrogens with zero attached hydrogens (tertiary/aromatic N) is 1. The van der Waals surface area contributed by atoms with Crippen molar-refractivity contribution in [3.8, 4) is 0 Å². The van der Waals surface area contributed by atoms with Gasteiger partial charge >= 0.3 is 5.97 Å². The van der Waals surface area contributed by atoms with E-state index in [1.165, 1.54) is 7.11 Å². The lowest BCUT2D eigenvalue weighted by Gasteiger charge is -2.32. The maximum absolute atomic E-state index is 11.6. The van der Waals surface area contributed by atoms with Crippen LogP contribution in [-0.2, 0) is 19.1 Å². The summed E-state index contributed by atoms with van der Waals surface area (Å²) < 4.78 is 4.48. The van der Waals surface area contributed by atoms with Crippen molar-refractivity contribution in [3.63, 3.8) is 0 Å². The van der Waals surface area contributed by atoms with E-state index in [9.17, 15) is 14.4 Å². The fraction of sp³-hybridized carbons (Fsp3) is 0.700. The number of nitrogens with two attached hydrogens (primary N) is 1. The zero-order valence-corrected chi connectivity index (χ0v) is 9.43. The average Bonchev–Trinajstić information content (AvgIpc) is 2.26. The molecule has 0 bridgehead atoms. The summed E-state index contributed by atoms with van der Waals surface area (Å²) >= 11 is 0. The third-order valence-electron chi connectivity index (χ3n) is 2.72. The molecule has 0 aliphatic carbocycles. The van der Waals surface area contributed by atoms with Gasteiger partial charge in [0.1, 0.15) is 6.04 Å². The van der Waals surface area contributed by atoms with E-state index in [2.05, 4.69) is 4.74 Å². The van der Waals surface area contributed by atoms with Gasteiger partial charge in [-0.05, 0) is 13.3 Å². The second-order valence-corrected chi connectivity index (χ2v) is 3.80. The Bertz CT molecular complexity index is 300. The highest BCUT2D eigenvalue weighted by Gasteiger charge is 2.35. The van der Waals surface area contributed by atoms with Crippen LogP contribution in [0.5, 0.6) is 0 Å². The molecule has 1 heterocycles. The second kappa shape index (κ2) is 5.07. The minimum Gasteiger partial charge on any atom is -0.468 e. The minimum absolute atomic E-state index is 0.275. The molecule has 6 heteroatoms. The van der Waals surface area contributed by atoms with Gasteiger partial charge in [-0.2, -0.15) is 0 Å². The number of ether oxygens (including phenoxy) is 1. The molecule has 0 radical (unpaired) electrons. The Morgan fingerprint density at radius 1 is 1.38 bits per heavy atom. The first kappa shape index (κ1) is 12.6. The van der Waals surface area contributed by atoms with Crippen LogP contribution in [0.15, 0.2) is 0 Å². The first-order chi connectivity index (χ1) is 7.49. The zero-order valence-electron chi connectivity index (χ0n) is 9.43. The fourth-order valence-electron chi connectivity index (χ4n) is 1.72. The molecular weight excluding hydrogens is 212 g/mol. The van der Waals surface area contributed by atoms with Crippen LogP contribution in [0.3, 0.4) is 0 Å². The maximum atomic E-state index is 11.6. The van der Waals surface area contributed by atoms with Gasteiger partial charge in [0, 0.05) is 12.8 Å². The molecule has 0 unspecified atom stereocenters. The summed E-state index contributed by atoms with van der Waals surface area (Å²) in [4.78, 5) is 35.4. The van der Waals surface area contributed by atoms with Crippen molar-refractivity contribution >= 4 is 17.8 Å². The van der Waals surface area contributed by atoms with Crippen LogP contribution in [-0.4, -0.2) is 41.9 Å². The smallest absolute Gasteiger partial charge is 0.324 e. The Hall–Kier alpha value is -1.43. The molecule has 1 fully saturated rings. The second-order valence-electron chi connectivity index (χ2n) is 3.80. The van der Waals surface area contributed by atoms with Crippen LogP contribution in [0.4, 0.5) is 0 Å². The number of hydrogen-bond donors (Lipinski definition) is 1. The summed E-state index contributed by atoms with van der Waals surface area (Å²) in [6, 6.07) is -1.65. The number of amides is 2. The van der Waals surface area contributed by atoms with Gasteiger partial charge in [0.2, 0.25) is 11.8 Å². The van der Waals surface area contributed by atoms with Crippen LogP contribution in [0, 0.1) is 0 Å².